The van der Waals surface area contributed by atoms with Crippen molar-refractivity contribution in [2.24, 2.45) is 0 Å². The van der Waals surface area contributed by atoms with Crippen LogP contribution < -0.4 is 10.2 Å². The SMILES string of the molecule is CNc1cccc2c1CN(c1ccc(C)c(C)c1)C2. The maximum Gasteiger partial charge on any atom is 0.0457 e. The van der Waals surface area contributed by atoms with E-state index in [9.17, 15) is 0 Å². The second-order valence-electron chi connectivity index (χ2n) is 5.32. The fourth-order valence-corrected chi connectivity index (χ4v) is 2.76. The first-order valence-corrected chi connectivity index (χ1v) is 6.80. The van der Waals surface area contributed by atoms with Gasteiger partial charge in [0.15, 0.2) is 0 Å². The van der Waals surface area contributed by atoms with Gasteiger partial charge < -0.3 is 10.2 Å². The molecule has 19 heavy (non-hydrogen) atoms. The molecule has 2 aromatic rings. The van der Waals surface area contributed by atoms with E-state index in [0.29, 0.717) is 0 Å². The summed E-state index contributed by atoms with van der Waals surface area (Å²) < 4.78 is 0. The molecule has 0 saturated carbocycles. The third-order valence-corrected chi connectivity index (χ3v) is 4.11. The number of rotatable bonds is 2. The molecular weight excluding hydrogens is 232 g/mol. The first kappa shape index (κ1) is 12.1. The van der Waals surface area contributed by atoms with Crippen molar-refractivity contribution in [1.82, 2.24) is 0 Å². The van der Waals surface area contributed by atoms with Gasteiger partial charge in [0.2, 0.25) is 0 Å². The molecule has 0 spiro atoms. The number of hydrogen-bond acceptors (Lipinski definition) is 2. The van der Waals surface area contributed by atoms with E-state index in [1.807, 2.05) is 7.05 Å². The molecule has 1 N–H and O–H groups in total. The van der Waals surface area contributed by atoms with Crippen LogP contribution >= 0.6 is 0 Å². The zero-order valence-corrected chi connectivity index (χ0v) is 11.8. The van der Waals surface area contributed by atoms with E-state index in [0.717, 1.165) is 13.1 Å². The van der Waals surface area contributed by atoms with E-state index < -0.39 is 0 Å². The summed E-state index contributed by atoms with van der Waals surface area (Å²) in [5, 5.41) is 3.29. The molecule has 0 aromatic heterocycles. The summed E-state index contributed by atoms with van der Waals surface area (Å²) in [5.74, 6) is 0. The van der Waals surface area contributed by atoms with Crippen LogP contribution in [0.25, 0.3) is 0 Å². The minimum Gasteiger partial charge on any atom is -0.388 e. The molecule has 0 saturated heterocycles. The lowest BCUT2D eigenvalue weighted by Gasteiger charge is -2.19. The highest BCUT2D eigenvalue weighted by Gasteiger charge is 2.21. The predicted molar refractivity (Wildman–Crippen MR) is 81.8 cm³/mol. The summed E-state index contributed by atoms with van der Waals surface area (Å²) in [6.07, 6.45) is 0. The Morgan fingerprint density at radius 2 is 1.84 bits per heavy atom. The van der Waals surface area contributed by atoms with Gasteiger partial charge in [0.25, 0.3) is 0 Å². The van der Waals surface area contributed by atoms with Gasteiger partial charge in [-0.3, -0.25) is 0 Å². The number of nitrogens with zero attached hydrogens (tertiary/aromatic N) is 1. The summed E-state index contributed by atoms with van der Waals surface area (Å²) in [4.78, 5) is 2.44. The largest absolute Gasteiger partial charge is 0.388 e. The first-order valence-electron chi connectivity index (χ1n) is 6.80. The highest BCUT2D eigenvalue weighted by Crippen LogP contribution is 2.33. The molecule has 0 aliphatic carbocycles. The summed E-state index contributed by atoms with van der Waals surface area (Å²) in [7, 11) is 1.99. The van der Waals surface area contributed by atoms with E-state index in [4.69, 9.17) is 0 Å². The second-order valence-corrected chi connectivity index (χ2v) is 5.32. The van der Waals surface area contributed by atoms with Crippen LogP contribution in [-0.4, -0.2) is 7.05 Å². The van der Waals surface area contributed by atoms with Gasteiger partial charge in [0.05, 0.1) is 0 Å². The maximum atomic E-state index is 3.29. The summed E-state index contributed by atoms with van der Waals surface area (Å²) in [5.41, 5.74) is 8.16. The molecular formula is C17H20N2. The van der Waals surface area contributed by atoms with Gasteiger partial charge in [-0.2, -0.15) is 0 Å². The lowest BCUT2D eigenvalue weighted by Crippen LogP contribution is -2.14. The fourth-order valence-electron chi connectivity index (χ4n) is 2.76. The Balaban J connectivity index is 1.93. The van der Waals surface area contributed by atoms with Crippen molar-refractivity contribution >= 4 is 11.4 Å². The molecule has 3 rings (SSSR count). The van der Waals surface area contributed by atoms with Crippen molar-refractivity contribution in [2.75, 3.05) is 17.3 Å². The molecule has 0 fully saturated rings. The van der Waals surface area contributed by atoms with Gasteiger partial charge in [0.1, 0.15) is 0 Å². The summed E-state index contributed by atoms with van der Waals surface area (Å²) >= 11 is 0. The van der Waals surface area contributed by atoms with Gasteiger partial charge in [-0.25, -0.2) is 0 Å². The molecule has 98 valence electrons. The Bertz CT molecular complexity index is 617. The summed E-state index contributed by atoms with van der Waals surface area (Å²) in [6, 6.07) is 13.3. The first-order chi connectivity index (χ1) is 9.19. The van der Waals surface area contributed by atoms with E-state index in [1.165, 1.54) is 33.6 Å². The van der Waals surface area contributed by atoms with Gasteiger partial charge in [0, 0.05) is 31.5 Å². The quantitative estimate of drug-likeness (QED) is 0.873. The van der Waals surface area contributed by atoms with Crippen molar-refractivity contribution in [1.29, 1.82) is 0 Å². The number of anilines is 2. The molecule has 0 radical (unpaired) electrons. The zero-order chi connectivity index (χ0) is 13.4. The molecule has 0 bridgehead atoms. The van der Waals surface area contributed by atoms with Gasteiger partial charge in [-0.05, 0) is 54.3 Å². The van der Waals surface area contributed by atoms with E-state index >= 15 is 0 Å². The van der Waals surface area contributed by atoms with Gasteiger partial charge in [-0.1, -0.05) is 18.2 Å². The van der Waals surface area contributed by atoms with Crippen LogP contribution in [0.4, 0.5) is 11.4 Å². The standard InChI is InChI=1S/C17H20N2/c1-12-7-8-15(9-13(12)2)19-10-14-5-4-6-17(18-3)16(14)11-19/h4-9,18H,10-11H2,1-3H3. The Morgan fingerprint density at radius 1 is 1.00 bits per heavy atom. The minimum absolute atomic E-state index is 0.995. The number of fused-ring (bicyclic) bond motifs is 1. The van der Waals surface area contributed by atoms with E-state index in [2.05, 4.69) is 60.5 Å². The second kappa shape index (κ2) is 4.61. The molecule has 1 aliphatic heterocycles. The topological polar surface area (TPSA) is 15.3 Å². The van der Waals surface area contributed by atoms with E-state index in [-0.39, 0.29) is 0 Å². The molecule has 0 unspecified atom stereocenters. The monoisotopic (exact) mass is 252 g/mol. The third kappa shape index (κ3) is 2.07. The number of hydrogen-bond donors (Lipinski definition) is 1. The average Bonchev–Trinajstić information content (AvgIpc) is 2.85. The number of aryl methyl sites for hydroxylation is 2. The highest BCUT2D eigenvalue weighted by atomic mass is 15.1. The van der Waals surface area contributed by atoms with Crippen molar-refractivity contribution in [3.8, 4) is 0 Å². The Hall–Kier alpha value is -1.96. The molecule has 2 nitrogen and oxygen atoms in total. The molecule has 1 heterocycles. The van der Waals surface area contributed by atoms with Crippen LogP contribution in [0.1, 0.15) is 22.3 Å². The van der Waals surface area contributed by atoms with Crippen molar-refractivity contribution in [3.05, 3.63) is 58.7 Å². The van der Waals surface area contributed by atoms with Crippen LogP contribution in [0.5, 0.6) is 0 Å². The van der Waals surface area contributed by atoms with Crippen molar-refractivity contribution in [2.45, 2.75) is 26.9 Å². The van der Waals surface area contributed by atoms with Crippen LogP contribution in [0.3, 0.4) is 0 Å². The van der Waals surface area contributed by atoms with Crippen LogP contribution in [-0.2, 0) is 13.1 Å². The zero-order valence-electron chi connectivity index (χ0n) is 11.8. The van der Waals surface area contributed by atoms with E-state index in [1.54, 1.807) is 0 Å². The normalized spacial score (nSPS) is 13.5. The van der Waals surface area contributed by atoms with Crippen molar-refractivity contribution < 1.29 is 0 Å². The maximum absolute atomic E-state index is 3.29. The van der Waals surface area contributed by atoms with Crippen molar-refractivity contribution in [3.63, 3.8) is 0 Å². The van der Waals surface area contributed by atoms with Gasteiger partial charge >= 0.3 is 0 Å². The molecule has 2 aromatic carbocycles. The highest BCUT2D eigenvalue weighted by molar-refractivity contribution is 5.62. The summed E-state index contributed by atoms with van der Waals surface area (Å²) in [6.45, 7) is 6.35. The lowest BCUT2D eigenvalue weighted by molar-refractivity contribution is 0.879. The predicted octanol–water partition coefficient (Wildman–Crippen LogP) is 3.87. The Kier molecular flexibility index (Phi) is 2.94. The van der Waals surface area contributed by atoms with Crippen LogP contribution in [0.15, 0.2) is 36.4 Å². The molecule has 1 aliphatic rings. The van der Waals surface area contributed by atoms with Crippen LogP contribution in [0.2, 0.25) is 0 Å². The molecule has 0 atom stereocenters. The molecule has 0 amide bonds. The fraction of sp³-hybridized carbons (Fsp3) is 0.294. The average molecular weight is 252 g/mol. The third-order valence-electron chi connectivity index (χ3n) is 4.11. The Labute approximate surface area is 115 Å². The smallest absolute Gasteiger partial charge is 0.0457 e. The number of benzene rings is 2. The lowest BCUT2D eigenvalue weighted by atomic mass is 10.1. The molecule has 2 heteroatoms. The van der Waals surface area contributed by atoms with Gasteiger partial charge in [-0.15, -0.1) is 0 Å². The number of nitrogens with one attached hydrogen (secondary N) is 1. The Morgan fingerprint density at radius 3 is 2.58 bits per heavy atom. The minimum atomic E-state index is 0.995. The van der Waals surface area contributed by atoms with Crippen LogP contribution in [0, 0.1) is 13.8 Å².